The molecule has 2 N–H and O–H groups in total. The van der Waals surface area contributed by atoms with Crippen LogP contribution >= 0.6 is 0 Å². The second-order valence-electron chi connectivity index (χ2n) is 7.38. The average Bonchev–Trinajstić information content (AvgIpc) is 3.20. The van der Waals surface area contributed by atoms with Crippen LogP contribution in [-0.4, -0.2) is 51.1 Å². The Balaban J connectivity index is 1.74. The van der Waals surface area contributed by atoms with Gasteiger partial charge >= 0.3 is 0 Å². The van der Waals surface area contributed by atoms with Crippen LogP contribution in [0.2, 0.25) is 0 Å². The van der Waals surface area contributed by atoms with Gasteiger partial charge in [-0.25, -0.2) is 0 Å². The van der Waals surface area contributed by atoms with Gasteiger partial charge in [0.2, 0.25) is 11.8 Å². The summed E-state index contributed by atoms with van der Waals surface area (Å²) in [6, 6.07) is 11.0. The number of nitrogens with one attached hydrogen (secondary N) is 2. The van der Waals surface area contributed by atoms with Crippen molar-refractivity contribution >= 4 is 23.2 Å². The molecule has 0 radical (unpaired) electrons. The van der Waals surface area contributed by atoms with Gasteiger partial charge in [-0.15, -0.1) is 0 Å². The minimum absolute atomic E-state index is 0.0826. The van der Waals surface area contributed by atoms with Crippen LogP contribution in [0.25, 0.3) is 0 Å². The summed E-state index contributed by atoms with van der Waals surface area (Å²) in [5, 5.41) is 5.63. The number of rotatable bonds is 8. The predicted molar refractivity (Wildman–Crippen MR) is 119 cm³/mol. The van der Waals surface area contributed by atoms with Gasteiger partial charge in [-0.2, -0.15) is 0 Å². The standard InChI is InChI=1S/C23H29N3O5/c1-15(27)24-16-7-10-21(30-3)19(12-16)25-23(28)14-26-11-5-6-20(26)18-9-8-17(29-2)13-22(18)31-4/h7-10,12-13,20H,5-6,11,14H2,1-4H3,(H,24,27)(H,25,28)/t20-/m1/s1. The fourth-order valence-corrected chi connectivity index (χ4v) is 3.92. The number of anilines is 2. The molecule has 3 rings (SSSR count). The van der Waals surface area contributed by atoms with Gasteiger partial charge in [-0.3, -0.25) is 14.5 Å². The number of benzene rings is 2. The summed E-state index contributed by atoms with van der Waals surface area (Å²) in [6.45, 7) is 2.48. The Kier molecular flexibility index (Phi) is 7.36. The third kappa shape index (κ3) is 5.46. The molecule has 0 unspecified atom stereocenters. The highest BCUT2D eigenvalue weighted by Crippen LogP contribution is 2.38. The van der Waals surface area contributed by atoms with Crippen molar-refractivity contribution in [2.75, 3.05) is 45.1 Å². The van der Waals surface area contributed by atoms with Crippen molar-refractivity contribution in [1.82, 2.24) is 4.90 Å². The maximum atomic E-state index is 12.9. The van der Waals surface area contributed by atoms with E-state index in [0.717, 1.165) is 36.4 Å². The smallest absolute Gasteiger partial charge is 0.238 e. The second kappa shape index (κ2) is 10.2. The number of methoxy groups -OCH3 is 3. The molecule has 2 aromatic carbocycles. The fraction of sp³-hybridized carbons (Fsp3) is 0.391. The molecule has 1 aliphatic rings. The number of amides is 2. The van der Waals surface area contributed by atoms with Crippen molar-refractivity contribution in [3.63, 3.8) is 0 Å². The summed E-state index contributed by atoms with van der Waals surface area (Å²) < 4.78 is 16.2. The molecule has 0 spiro atoms. The Bertz CT molecular complexity index is 947. The molecule has 8 nitrogen and oxygen atoms in total. The molecule has 8 heteroatoms. The fourth-order valence-electron chi connectivity index (χ4n) is 3.92. The molecule has 1 atom stereocenters. The Labute approximate surface area is 182 Å². The number of hydrogen-bond donors (Lipinski definition) is 2. The quantitative estimate of drug-likeness (QED) is 0.671. The van der Waals surface area contributed by atoms with Crippen LogP contribution in [0.1, 0.15) is 31.4 Å². The van der Waals surface area contributed by atoms with Gasteiger partial charge < -0.3 is 24.8 Å². The van der Waals surface area contributed by atoms with E-state index in [2.05, 4.69) is 15.5 Å². The first-order chi connectivity index (χ1) is 14.9. The number of likely N-dealkylation sites (tertiary alicyclic amines) is 1. The van der Waals surface area contributed by atoms with Gasteiger partial charge in [-0.1, -0.05) is 6.07 Å². The Morgan fingerprint density at radius 2 is 1.77 bits per heavy atom. The third-order valence-corrected chi connectivity index (χ3v) is 5.30. The average molecular weight is 428 g/mol. The summed E-state index contributed by atoms with van der Waals surface area (Å²) >= 11 is 0. The number of carbonyl (C=O) groups is 2. The van der Waals surface area contributed by atoms with E-state index in [-0.39, 0.29) is 24.4 Å². The Morgan fingerprint density at radius 3 is 2.45 bits per heavy atom. The first-order valence-corrected chi connectivity index (χ1v) is 10.2. The molecule has 31 heavy (non-hydrogen) atoms. The maximum absolute atomic E-state index is 12.9. The molecular formula is C23H29N3O5. The number of nitrogens with zero attached hydrogens (tertiary/aromatic N) is 1. The first-order valence-electron chi connectivity index (χ1n) is 10.2. The number of ether oxygens (including phenoxy) is 3. The maximum Gasteiger partial charge on any atom is 0.238 e. The van der Waals surface area contributed by atoms with Gasteiger partial charge in [0.15, 0.2) is 0 Å². The van der Waals surface area contributed by atoms with E-state index in [9.17, 15) is 9.59 Å². The van der Waals surface area contributed by atoms with Crippen LogP contribution < -0.4 is 24.8 Å². The lowest BCUT2D eigenvalue weighted by atomic mass is 10.0. The summed E-state index contributed by atoms with van der Waals surface area (Å²) in [6.07, 6.45) is 1.94. The van der Waals surface area contributed by atoms with Crippen molar-refractivity contribution in [1.29, 1.82) is 0 Å². The van der Waals surface area contributed by atoms with Gasteiger partial charge in [-0.05, 0) is 43.7 Å². The molecule has 1 fully saturated rings. The second-order valence-corrected chi connectivity index (χ2v) is 7.38. The molecular weight excluding hydrogens is 398 g/mol. The van der Waals surface area contributed by atoms with Crippen molar-refractivity contribution in [3.8, 4) is 17.2 Å². The number of carbonyl (C=O) groups excluding carboxylic acids is 2. The van der Waals surface area contributed by atoms with Gasteiger partial charge in [0, 0.05) is 30.3 Å². The molecule has 0 saturated carbocycles. The van der Waals surface area contributed by atoms with Crippen LogP contribution in [0.3, 0.4) is 0 Å². The molecule has 1 heterocycles. The van der Waals surface area contributed by atoms with E-state index < -0.39 is 0 Å². The summed E-state index contributed by atoms with van der Waals surface area (Å²) in [5.74, 6) is 1.67. The lowest BCUT2D eigenvalue weighted by Crippen LogP contribution is -2.33. The highest BCUT2D eigenvalue weighted by Gasteiger charge is 2.30. The predicted octanol–water partition coefficient (Wildman–Crippen LogP) is 3.45. The van der Waals surface area contributed by atoms with E-state index in [1.165, 1.54) is 14.0 Å². The molecule has 2 aromatic rings. The molecule has 0 bridgehead atoms. The van der Waals surface area contributed by atoms with Crippen LogP contribution in [0.4, 0.5) is 11.4 Å². The SMILES string of the molecule is COc1ccc([C@H]2CCCN2CC(=O)Nc2cc(NC(C)=O)ccc2OC)c(OC)c1. The van der Waals surface area contributed by atoms with Gasteiger partial charge in [0.05, 0.1) is 33.6 Å². The van der Waals surface area contributed by atoms with Gasteiger partial charge in [0.1, 0.15) is 17.2 Å². The molecule has 1 aliphatic heterocycles. The molecule has 2 amide bonds. The number of hydrogen-bond acceptors (Lipinski definition) is 6. The van der Waals surface area contributed by atoms with Crippen molar-refractivity contribution in [2.45, 2.75) is 25.8 Å². The van der Waals surface area contributed by atoms with Crippen LogP contribution in [-0.2, 0) is 9.59 Å². The van der Waals surface area contributed by atoms with E-state index in [1.54, 1.807) is 32.4 Å². The van der Waals surface area contributed by atoms with Crippen LogP contribution in [0.15, 0.2) is 36.4 Å². The summed E-state index contributed by atoms with van der Waals surface area (Å²) in [7, 11) is 4.80. The van der Waals surface area contributed by atoms with E-state index in [0.29, 0.717) is 17.1 Å². The largest absolute Gasteiger partial charge is 0.497 e. The lowest BCUT2D eigenvalue weighted by molar-refractivity contribution is -0.117. The molecule has 0 aliphatic carbocycles. The summed E-state index contributed by atoms with van der Waals surface area (Å²) in [4.78, 5) is 26.3. The normalized spacial score (nSPS) is 15.9. The van der Waals surface area contributed by atoms with E-state index in [1.807, 2.05) is 18.2 Å². The Morgan fingerprint density at radius 1 is 1.00 bits per heavy atom. The zero-order valence-electron chi connectivity index (χ0n) is 18.4. The highest BCUT2D eigenvalue weighted by molar-refractivity contribution is 5.96. The minimum atomic E-state index is -0.184. The lowest BCUT2D eigenvalue weighted by Gasteiger charge is -2.26. The van der Waals surface area contributed by atoms with Crippen molar-refractivity contribution in [2.24, 2.45) is 0 Å². The van der Waals surface area contributed by atoms with E-state index in [4.69, 9.17) is 14.2 Å². The van der Waals surface area contributed by atoms with Crippen molar-refractivity contribution in [3.05, 3.63) is 42.0 Å². The summed E-state index contributed by atoms with van der Waals surface area (Å²) in [5.41, 5.74) is 2.14. The van der Waals surface area contributed by atoms with Crippen molar-refractivity contribution < 1.29 is 23.8 Å². The molecule has 1 saturated heterocycles. The Hall–Kier alpha value is -3.26. The third-order valence-electron chi connectivity index (χ3n) is 5.30. The molecule has 0 aromatic heterocycles. The zero-order chi connectivity index (χ0) is 22.4. The monoisotopic (exact) mass is 427 g/mol. The zero-order valence-corrected chi connectivity index (χ0v) is 18.4. The molecule has 166 valence electrons. The van der Waals surface area contributed by atoms with Gasteiger partial charge in [0.25, 0.3) is 0 Å². The first kappa shape index (κ1) is 22.4. The minimum Gasteiger partial charge on any atom is -0.497 e. The highest BCUT2D eigenvalue weighted by atomic mass is 16.5. The van der Waals surface area contributed by atoms with Crippen LogP contribution in [0.5, 0.6) is 17.2 Å². The van der Waals surface area contributed by atoms with E-state index >= 15 is 0 Å². The van der Waals surface area contributed by atoms with Crippen LogP contribution in [0, 0.1) is 0 Å². The topological polar surface area (TPSA) is 89.1 Å².